The Kier molecular flexibility index (Phi) is 3.31. The van der Waals surface area contributed by atoms with Crippen molar-refractivity contribution in [2.24, 2.45) is 11.3 Å². The van der Waals surface area contributed by atoms with Gasteiger partial charge in [-0.2, -0.15) is 0 Å². The van der Waals surface area contributed by atoms with Crippen molar-refractivity contribution in [1.29, 1.82) is 0 Å². The molecule has 1 aromatic heterocycles. The summed E-state index contributed by atoms with van der Waals surface area (Å²) in [5.74, 6) is 0.512. The number of rotatable bonds is 2. The summed E-state index contributed by atoms with van der Waals surface area (Å²) in [6, 6.07) is 10.5. The Morgan fingerprint density at radius 1 is 1.41 bits per heavy atom. The van der Waals surface area contributed by atoms with E-state index in [1.807, 2.05) is 13.0 Å². The molecule has 22 heavy (non-hydrogen) atoms. The number of nitrogens with zero attached hydrogens (tertiary/aromatic N) is 2. The fourth-order valence-corrected chi connectivity index (χ4v) is 4.05. The zero-order valence-corrected chi connectivity index (χ0v) is 13.0. The Morgan fingerprint density at radius 3 is 3.09 bits per heavy atom. The molecule has 4 heteroatoms. The molecule has 1 N–H and O–H groups in total. The number of hydrogen-bond acceptors (Lipinski definition) is 4. The minimum Gasteiger partial charge on any atom is -0.396 e. The van der Waals surface area contributed by atoms with Crippen molar-refractivity contribution < 1.29 is 9.84 Å². The van der Waals surface area contributed by atoms with Gasteiger partial charge in [-0.1, -0.05) is 18.2 Å². The van der Waals surface area contributed by atoms with Crippen molar-refractivity contribution in [3.05, 3.63) is 36.0 Å². The lowest BCUT2D eigenvalue weighted by atomic mass is 9.76. The Balaban J connectivity index is 1.77. The predicted octanol–water partition coefficient (Wildman–Crippen LogP) is 2.38. The van der Waals surface area contributed by atoms with Crippen molar-refractivity contribution in [3.8, 4) is 0 Å². The van der Waals surface area contributed by atoms with E-state index in [0.29, 0.717) is 12.5 Å². The van der Waals surface area contributed by atoms with Crippen LogP contribution >= 0.6 is 0 Å². The average Bonchev–Trinajstić information content (AvgIpc) is 2.94. The fraction of sp³-hybridized carbons (Fsp3) is 0.500. The summed E-state index contributed by atoms with van der Waals surface area (Å²) in [5.41, 5.74) is 3.22. The molecule has 3 heterocycles. The monoisotopic (exact) mass is 298 g/mol. The second-order valence-corrected chi connectivity index (χ2v) is 6.74. The molecule has 0 spiro atoms. The number of hydrogen-bond donors (Lipinski definition) is 1. The van der Waals surface area contributed by atoms with Crippen LogP contribution in [0.25, 0.3) is 10.9 Å². The van der Waals surface area contributed by atoms with Gasteiger partial charge in [-0.15, -0.1) is 0 Å². The molecule has 0 aliphatic carbocycles. The van der Waals surface area contributed by atoms with Crippen LogP contribution in [0, 0.1) is 18.3 Å². The minimum atomic E-state index is -0.101. The first-order chi connectivity index (χ1) is 10.7. The molecule has 2 atom stereocenters. The highest BCUT2D eigenvalue weighted by molar-refractivity contribution is 5.92. The molecule has 0 unspecified atom stereocenters. The molecule has 2 saturated heterocycles. The first kappa shape index (κ1) is 14.0. The molecule has 0 bridgehead atoms. The minimum absolute atomic E-state index is 0.101. The molecular formula is C18H22N2O2. The van der Waals surface area contributed by atoms with Gasteiger partial charge < -0.3 is 14.7 Å². The number of aromatic nitrogens is 1. The summed E-state index contributed by atoms with van der Waals surface area (Å²) in [4.78, 5) is 7.06. The van der Waals surface area contributed by atoms with Crippen molar-refractivity contribution in [2.75, 3.05) is 37.8 Å². The topological polar surface area (TPSA) is 45.6 Å². The van der Waals surface area contributed by atoms with E-state index >= 15 is 0 Å². The Hall–Kier alpha value is -1.65. The predicted molar refractivity (Wildman–Crippen MR) is 87.1 cm³/mol. The zero-order valence-electron chi connectivity index (χ0n) is 13.0. The summed E-state index contributed by atoms with van der Waals surface area (Å²) < 4.78 is 5.67. The number of pyridine rings is 1. The van der Waals surface area contributed by atoms with Crippen molar-refractivity contribution in [3.63, 3.8) is 0 Å². The van der Waals surface area contributed by atoms with Crippen LogP contribution in [0.4, 0.5) is 5.69 Å². The Morgan fingerprint density at radius 2 is 2.27 bits per heavy atom. The molecule has 0 saturated carbocycles. The van der Waals surface area contributed by atoms with Crippen LogP contribution in [0.1, 0.15) is 12.1 Å². The number of aliphatic hydroxyl groups excluding tert-OH is 1. The molecule has 0 amide bonds. The molecule has 116 valence electrons. The van der Waals surface area contributed by atoms with Crippen molar-refractivity contribution >= 4 is 16.6 Å². The lowest BCUT2D eigenvalue weighted by Gasteiger charge is -2.36. The van der Waals surface area contributed by atoms with Gasteiger partial charge in [0.25, 0.3) is 0 Å². The summed E-state index contributed by atoms with van der Waals surface area (Å²) in [6.07, 6.45) is 1.04. The molecular weight excluding hydrogens is 276 g/mol. The van der Waals surface area contributed by atoms with E-state index < -0.39 is 0 Å². The third-order valence-corrected chi connectivity index (χ3v) is 5.29. The molecule has 2 fully saturated rings. The van der Waals surface area contributed by atoms with Crippen LogP contribution in [-0.2, 0) is 4.74 Å². The van der Waals surface area contributed by atoms with Gasteiger partial charge in [0.1, 0.15) is 0 Å². The van der Waals surface area contributed by atoms with Gasteiger partial charge >= 0.3 is 0 Å². The van der Waals surface area contributed by atoms with Gasteiger partial charge in [-0.05, 0) is 31.4 Å². The summed E-state index contributed by atoms with van der Waals surface area (Å²) in [6.45, 7) is 5.60. The van der Waals surface area contributed by atoms with E-state index in [2.05, 4.69) is 34.1 Å². The molecule has 4 nitrogen and oxygen atoms in total. The molecule has 4 rings (SSSR count). The van der Waals surface area contributed by atoms with Crippen LogP contribution < -0.4 is 4.90 Å². The number of aryl methyl sites for hydroxylation is 1. The Labute approximate surface area is 130 Å². The molecule has 2 aromatic rings. The maximum atomic E-state index is 9.97. The second-order valence-electron chi connectivity index (χ2n) is 6.74. The Bertz CT molecular complexity index is 703. The van der Waals surface area contributed by atoms with E-state index in [0.717, 1.165) is 37.3 Å². The number of fused-ring (bicyclic) bond motifs is 2. The number of benzene rings is 1. The quantitative estimate of drug-likeness (QED) is 0.924. The molecule has 2 aliphatic heterocycles. The normalized spacial score (nSPS) is 28.1. The largest absolute Gasteiger partial charge is 0.396 e. The van der Waals surface area contributed by atoms with Gasteiger partial charge in [-0.3, -0.25) is 4.98 Å². The maximum absolute atomic E-state index is 9.97. The second kappa shape index (κ2) is 5.21. The van der Waals surface area contributed by atoms with Gasteiger partial charge in [0, 0.05) is 41.9 Å². The van der Waals surface area contributed by atoms with Crippen LogP contribution in [0.3, 0.4) is 0 Å². The highest BCUT2D eigenvalue weighted by atomic mass is 16.5. The van der Waals surface area contributed by atoms with Crippen LogP contribution in [0.15, 0.2) is 30.3 Å². The van der Waals surface area contributed by atoms with Gasteiger partial charge in [0.15, 0.2) is 0 Å². The number of para-hydroxylation sites is 1. The first-order valence-electron chi connectivity index (χ1n) is 8.02. The highest BCUT2D eigenvalue weighted by Gasteiger charge is 2.48. The molecule has 0 radical (unpaired) electrons. The van der Waals surface area contributed by atoms with Gasteiger partial charge in [-0.25, -0.2) is 0 Å². The fourth-order valence-electron chi connectivity index (χ4n) is 4.05. The van der Waals surface area contributed by atoms with E-state index in [9.17, 15) is 5.11 Å². The smallest absolute Gasteiger partial charge is 0.0726 e. The van der Waals surface area contributed by atoms with E-state index in [4.69, 9.17) is 4.74 Å². The zero-order chi connectivity index (χ0) is 15.2. The summed E-state index contributed by atoms with van der Waals surface area (Å²) >= 11 is 0. The first-order valence-corrected chi connectivity index (χ1v) is 8.02. The summed E-state index contributed by atoms with van der Waals surface area (Å²) in [7, 11) is 0. The third-order valence-electron chi connectivity index (χ3n) is 5.29. The van der Waals surface area contributed by atoms with E-state index in [1.54, 1.807) is 0 Å². The van der Waals surface area contributed by atoms with Crippen LogP contribution in [-0.4, -0.2) is 43.0 Å². The number of aliphatic hydroxyl groups is 1. The van der Waals surface area contributed by atoms with Crippen LogP contribution in [0.2, 0.25) is 0 Å². The average molecular weight is 298 g/mol. The molecule has 2 aliphatic rings. The molecule has 1 aromatic carbocycles. The van der Waals surface area contributed by atoms with Gasteiger partial charge in [0.2, 0.25) is 0 Å². The standard InChI is InChI=1S/C18H22N2O2/c1-13-8-17(15-4-2-3-5-16(15)19-13)20-9-14-6-7-22-12-18(14,10-20)11-21/h2-5,8,14,21H,6-7,9-12H2,1H3/t14-,18+/m0/s1. The van der Waals surface area contributed by atoms with E-state index in [1.165, 1.54) is 11.1 Å². The van der Waals surface area contributed by atoms with Crippen molar-refractivity contribution in [1.82, 2.24) is 4.98 Å². The SMILES string of the molecule is Cc1cc(N2C[C@@H]3CCOC[C@]3(CO)C2)c2ccccc2n1. The lowest BCUT2D eigenvalue weighted by Crippen LogP contribution is -2.42. The van der Waals surface area contributed by atoms with Gasteiger partial charge in [0.05, 0.1) is 18.7 Å². The summed E-state index contributed by atoms with van der Waals surface area (Å²) in [5, 5.41) is 11.2. The lowest BCUT2D eigenvalue weighted by molar-refractivity contribution is -0.0543. The number of ether oxygens (including phenoxy) is 1. The third kappa shape index (κ3) is 2.09. The van der Waals surface area contributed by atoms with Crippen LogP contribution in [0.5, 0.6) is 0 Å². The maximum Gasteiger partial charge on any atom is 0.0726 e. The number of anilines is 1. The van der Waals surface area contributed by atoms with Crippen molar-refractivity contribution in [2.45, 2.75) is 13.3 Å². The highest BCUT2D eigenvalue weighted by Crippen LogP contribution is 2.43. The van der Waals surface area contributed by atoms with E-state index in [-0.39, 0.29) is 12.0 Å².